The SMILES string of the molecule is CN1CCCC1c1cc2cnc(NC=O)cc2[nH]1.CNC(=O)C(CCC=O)N1Cc2c(cccc2N2CCC(CN3CCN(Cc4ccc(C)cc4)CC3)CC2)C1=O. The molecule has 2 aromatic heterocycles. The maximum absolute atomic E-state index is 13.3. The number of aromatic nitrogens is 2. The normalized spacial score (nSPS) is 19.8. The van der Waals surface area contributed by atoms with E-state index in [2.05, 4.69) is 90.6 Å². The molecular weight excluding hydrogens is 731 g/mol. The van der Waals surface area contributed by atoms with Crippen molar-refractivity contribution in [2.24, 2.45) is 5.92 Å². The number of aryl methyl sites for hydroxylation is 1. The van der Waals surface area contributed by atoms with Crippen molar-refractivity contribution in [1.82, 2.24) is 34.9 Å². The lowest BCUT2D eigenvalue weighted by Crippen LogP contribution is -2.48. The van der Waals surface area contributed by atoms with Crippen molar-refractivity contribution < 1.29 is 19.2 Å². The molecule has 0 bridgehead atoms. The number of piperazine rings is 1. The summed E-state index contributed by atoms with van der Waals surface area (Å²) >= 11 is 0. The van der Waals surface area contributed by atoms with Crippen LogP contribution < -0.4 is 15.5 Å². The van der Waals surface area contributed by atoms with Gasteiger partial charge in [0.1, 0.15) is 18.1 Å². The molecule has 3 amide bonds. The Morgan fingerprint density at radius 1 is 0.966 bits per heavy atom. The van der Waals surface area contributed by atoms with Crippen LogP contribution in [-0.4, -0.2) is 127 Å². The Labute approximate surface area is 342 Å². The van der Waals surface area contributed by atoms with E-state index in [1.54, 1.807) is 18.1 Å². The van der Waals surface area contributed by atoms with Gasteiger partial charge in [0.15, 0.2) is 0 Å². The summed E-state index contributed by atoms with van der Waals surface area (Å²) in [5.41, 5.74) is 7.77. The quantitative estimate of drug-likeness (QED) is 0.160. The lowest BCUT2D eigenvalue weighted by Gasteiger charge is -2.39. The Morgan fingerprint density at radius 3 is 2.41 bits per heavy atom. The van der Waals surface area contributed by atoms with Gasteiger partial charge in [0.05, 0.1) is 5.52 Å². The number of anilines is 2. The van der Waals surface area contributed by atoms with Crippen LogP contribution in [0.4, 0.5) is 11.5 Å². The van der Waals surface area contributed by atoms with E-state index in [1.807, 2.05) is 18.2 Å². The first-order valence-corrected chi connectivity index (χ1v) is 21.0. The van der Waals surface area contributed by atoms with Gasteiger partial charge in [-0.2, -0.15) is 0 Å². The van der Waals surface area contributed by atoms with E-state index >= 15 is 0 Å². The average Bonchev–Trinajstić information content (AvgIpc) is 3.96. The molecule has 6 heterocycles. The van der Waals surface area contributed by atoms with Crippen molar-refractivity contribution in [1.29, 1.82) is 0 Å². The zero-order valence-corrected chi connectivity index (χ0v) is 34.3. The molecule has 3 saturated heterocycles. The molecule has 3 N–H and O–H groups in total. The Balaban J connectivity index is 0.000000236. The van der Waals surface area contributed by atoms with Gasteiger partial charge in [0, 0.05) is 119 Å². The molecule has 8 rings (SSSR count). The second kappa shape index (κ2) is 19.1. The summed E-state index contributed by atoms with van der Waals surface area (Å²) in [6.45, 7) is 12.4. The van der Waals surface area contributed by atoms with Crippen molar-refractivity contribution in [2.75, 3.05) is 76.7 Å². The summed E-state index contributed by atoms with van der Waals surface area (Å²) in [6.07, 6.45) is 8.55. The second-order valence-corrected chi connectivity index (χ2v) is 16.4. The fraction of sp³-hybridized carbons (Fsp3) is 0.489. The molecule has 58 heavy (non-hydrogen) atoms. The van der Waals surface area contributed by atoms with E-state index in [0.29, 0.717) is 42.7 Å². The molecule has 13 heteroatoms. The van der Waals surface area contributed by atoms with Crippen LogP contribution in [0.2, 0.25) is 0 Å². The first kappa shape index (κ1) is 41.1. The number of aromatic amines is 1. The minimum Gasteiger partial charge on any atom is -0.371 e. The summed E-state index contributed by atoms with van der Waals surface area (Å²) in [5.74, 6) is 0.926. The highest BCUT2D eigenvalue weighted by Crippen LogP contribution is 2.36. The number of fused-ring (bicyclic) bond motifs is 2. The highest BCUT2D eigenvalue weighted by molar-refractivity contribution is 6.02. The molecule has 0 aliphatic carbocycles. The third-order valence-electron chi connectivity index (χ3n) is 12.5. The summed E-state index contributed by atoms with van der Waals surface area (Å²) in [6, 6.07) is 18.7. The number of nitrogens with zero attached hydrogens (tertiary/aromatic N) is 6. The largest absolute Gasteiger partial charge is 0.371 e. The topological polar surface area (TPSA) is 137 Å². The predicted molar refractivity (Wildman–Crippen MR) is 228 cm³/mol. The number of amides is 3. The Hall–Kier alpha value is -5.11. The van der Waals surface area contributed by atoms with Crippen LogP contribution in [0.15, 0.2) is 60.8 Å². The Bertz CT molecular complexity index is 2040. The molecule has 0 radical (unpaired) electrons. The molecule has 4 aliphatic rings. The van der Waals surface area contributed by atoms with Gasteiger partial charge >= 0.3 is 0 Å². The Morgan fingerprint density at radius 2 is 1.72 bits per heavy atom. The first-order chi connectivity index (χ1) is 28.2. The van der Waals surface area contributed by atoms with Crippen LogP contribution in [0.3, 0.4) is 0 Å². The van der Waals surface area contributed by atoms with Gasteiger partial charge in [-0.15, -0.1) is 0 Å². The van der Waals surface area contributed by atoms with E-state index in [9.17, 15) is 19.2 Å². The van der Waals surface area contributed by atoms with Gasteiger partial charge in [0.25, 0.3) is 5.91 Å². The van der Waals surface area contributed by atoms with E-state index < -0.39 is 6.04 Å². The van der Waals surface area contributed by atoms with Crippen molar-refractivity contribution >= 4 is 46.9 Å². The number of piperidine rings is 1. The number of carbonyl (C=O) groups is 4. The maximum Gasteiger partial charge on any atom is 0.255 e. The maximum atomic E-state index is 13.3. The van der Waals surface area contributed by atoms with Crippen LogP contribution in [0, 0.1) is 12.8 Å². The molecule has 13 nitrogen and oxygen atoms in total. The van der Waals surface area contributed by atoms with Crippen LogP contribution in [-0.2, 0) is 27.5 Å². The molecular formula is C45H59N9O4. The average molecular weight is 790 g/mol. The van der Waals surface area contributed by atoms with Crippen molar-refractivity contribution in [3.63, 3.8) is 0 Å². The molecule has 0 spiro atoms. The summed E-state index contributed by atoms with van der Waals surface area (Å²) in [4.78, 5) is 66.5. The number of hydrogen-bond donors (Lipinski definition) is 3. The standard InChI is InChI=1S/C32H43N5O3.C13H16N4O/c1-24-8-10-25(11-9-24)21-34-16-18-35(19-17-34)22-26-12-14-36(15-13-26)29-6-3-5-27-28(29)23-37(32(27)40)30(7-4-20-38)31(39)33-2;1-17-4-2-3-12(17)11-5-9-7-14-13(15-8-18)6-10(9)16-11/h3,5-6,8-11,20,26,30H,4,7,12-19,21-23H2,1-2H3,(H,33,39);5-8,12,16H,2-4H2,1H3,(H,14,15,18). The smallest absolute Gasteiger partial charge is 0.255 e. The number of aldehydes is 1. The fourth-order valence-electron chi connectivity index (χ4n) is 9.18. The molecule has 2 unspecified atom stereocenters. The van der Waals surface area contributed by atoms with Crippen LogP contribution in [0.1, 0.15) is 77.3 Å². The Kier molecular flexibility index (Phi) is 13.5. The number of pyridine rings is 1. The number of likely N-dealkylation sites (N-methyl/N-ethyl adjacent to an activating group) is 1. The zero-order valence-electron chi connectivity index (χ0n) is 34.3. The number of likely N-dealkylation sites (tertiary alicyclic amines) is 1. The lowest BCUT2D eigenvalue weighted by molar-refractivity contribution is -0.125. The van der Waals surface area contributed by atoms with Crippen LogP contribution >= 0.6 is 0 Å². The summed E-state index contributed by atoms with van der Waals surface area (Å²) in [5, 5.41) is 6.31. The van der Waals surface area contributed by atoms with Crippen molar-refractivity contribution in [2.45, 2.75) is 70.6 Å². The molecule has 308 valence electrons. The zero-order chi connectivity index (χ0) is 40.6. The second-order valence-electron chi connectivity index (χ2n) is 16.4. The number of carbonyl (C=O) groups excluding carboxylic acids is 4. The van der Waals surface area contributed by atoms with Gasteiger partial charge in [-0.25, -0.2) is 4.98 Å². The highest BCUT2D eigenvalue weighted by Gasteiger charge is 2.38. The number of hydrogen-bond acceptors (Lipinski definition) is 9. The van der Waals surface area contributed by atoms with Crippen molar-refractivity contribution in [3.05, 3.63) is 88.7 Å². The van der Waals surface area contributed by atoms with E-state index in [1.165, 1.54) is 29.7 Å². The number of benzene rings is 2. The number of nitrogens with one attached hydrogen (secondary N) is 3. The molecule has 3 fully saturated rings. The van der Waals surface area contributed by atoms with E-state index in [0.717, 1.165) is 100 Å². The van der Waals surface area contributed by atoms with Crippen molar-refractivity contribution in [3.8, 4) is 0 Å². The van der Waals surface area contributed by atoms with Crippen LogP contribution in [0.25, 0.3) is 10.9 Å². The molecule has 4 aromatic rings. The molecule has 2 atom stereocenters. The fourth-order valence-corrected chi connectivity index (χ4v) is 9.18. The molecule has 4 aliphatic heterocycles. The van der Waals surface area contributed by atoms with Gasteiger partial charge < -0.3 is 35.1 Å². The predicted octanol–water partition coefficient (Wildman–Crippen LogP) is 4.98. The van der Waals surface area contributed by atoms with Gasteiger partial charge in [-0.05, 0) is 82.3 Å². The minimum atomic E-state index is -0.633. The van der Waals surface area contributed by atoms with Crippen LogP contribution in [0.5, 0.6) is 0 Å². The monoisotopic (exact) mass is 789 g/mol. The molecule has 0 saturated carbocycles. The minimum absolute atomic E-state index is 0.118. The lowest BCUT2D eigenvalue weighted by atomic mass is 9.94. The van der Waals surface area contributed by atoms with E-state index in [4.69, 9.17) is 0 Å². The van der Waals surface area contributed by atoms with Gasteiger partial charge in [-0.1, -0.05) is 35.9 Å². The summed E-state index contributed by atoms with van der Waals surface area (Å²) < 4.78 is 0. The number of rotatable bonds is 13. The third kappa shape index (κ3) is 9.60. The van der Waals surface area contributed by atoms with E-state index in [-0.39, 0.29) is 18.2 Å². The number of H-pyrrole nitrogens is 1. The van der Waals surface area contributed by atoms with Gasteiger partial charge in [-0.3, -0.25) is 24.2 Å². The summed E-state index contributed by atoms with van der Waals surface area (Å²) in [7, 11) is 3.73. The van der Waals surface area contributed by atoms with Gasteiger partial charge in [0.2, 0.25) is 12.3 Å². The molecule has 2 aromatic carbocycles. The highest BCUT2D eigenvalue weighted by atomic mass is 16.2. The third-order valence-corrected chi connectivity index (χ3v) is 12.5. The first-order valence-electron chi connectivity index (χ1n) is 21.0.